The molecule has 76 valence electrons. The van der Waals surface area contributed by atoms with Gasteiger partial charge in [-0.2, -0.15) is 0 Å². The van der Waals surface area contributed by atoms with Crippen molar-refractivity contribution in [3.8, 4) is 0 Å². The SMILES string of the molecule is Cc1cccc(SCC(=N)N(C)C)c1. The lowest BCUT2D eigenvalue weighted by Crippen LogP contribution is -2.22. The average Bonchev–Trinajstić information content (AvgIpc) is 2.14. The maximum atomic E-state index is 7.65. The number of nitrogens with zero attached hydrogens (tertiary/aromatic N) is 1. The fourth-order valence-electron chi connectivity index (χ4n) is 0.986. The Morgan fingerprint density at radius 2 is 2.14 bits per heavy atom. The highest BCUT2D eigenvalue weighted by atomic mass is 32.2. The van der Waals surface area contributed by atoms with Gasteiger partial charge in [-0.25, -0.2) is 0 Å². The highest BCUT2D eigenvalue weighted by molar-refractivity contribution is 8.00. The predicted octanol–water partition coefficient (Wildman–Crippen LogP) is 2.63. The van der Waals surface area contributed by atoms with Crippen LogP contribution in [0.3, 0.4) is 0 Å². The Kier molecular flexibility index (Phi) is 4.01. The fourth-order valence-corrected chi connectivity index (χ4v) is 1.99. The number of aryl methyl sites for hydroxylation is 1. The average molecular weight is 208 g/mol. The second-order valence-electron chi connectivity index (χ2n) is 3.45. The summed E-state index contributed by atoms with van der Waals surface area (Å²) in [7, 11) is 3.80. The van der Waals surface area contributed by atoms with E-state index >= 15 is 0 Å². The molecule has 0 aliphatic rings. The van der Waals surface area contributed by atoms with Gasteiger partial charge in [0.2, 0.25) is 0 Å². The number of thioether (sulfide) groups is 1. The van der Waals surface area contributed by atoms with E-state index in [-0.39, 0.29) is 0 Å². The third-order valence-electron chi connectivity index (χ3n) is 1.90. The van der Waals surface area contributed by atoms with E-state index in [0.29, 0.717) is 5.84 Å². The Balaban J connectivity index is 2.50. The lowest BCUT2D eigenvalue weighted by Gasteiger charge is -2.12. The molecule has 1 aromatic carbocycles. The van der Waals surface area contributed by atoms with E-state index in [9.17, 15) is 0 Å². The van der Waals surface area contributed by atoms with Crippen LogP contribution in [0, 0.1) is 12.3 Å². The smallest absolute Gasteiger partial charge is 0.106 e. The van der Waals surface area contributed by atoms with E-state index in [1.165, 1.54) is 10.5 Å². The molecule has 0 radical (unpaired) electrons. The van der Waals surface area contributed by atoms with E-state index in [1.54, 1.807) is 11.8 Å². The molecule has 0 aliphatic heterocycles. The molecule has 0 amide bonds. The van der Waals surface area contributed by atoms with E-state index in [0.717, 1.165) is 5.75 Å². The van der Waals surface area contributed by atoms with Crippen molar-refractivity contribution >= 4 is 17.6 Å². The molecule has 0 aliphatic carbocycles. The molecule has 3 heteroatoms. The molecule has 14 heavy (non-hydrogen) atoms. The molecule has 1 aromatic rings. The van der Waals surface area contributed by atoms with Crippen LogP contribution in [0.25, 0.3) is 0 Å². The number of amidine groups is 1. The minimum absolute atomic E-state index is 0.650. The molecule has 0 unspecified atom stereocenters. The number of nitrogens with one attached hydrogen (secondary N) is 1. The van der Waals surface area contributed by atoms with Crippen LogP contribution in [-0.2, 0) is 0 Å². The third-order valence-corrected chi connectivity index (χ3v) is 2.91. The zero-order valence-electron chi connectivity index (χ0n) is 8.87. The minimum Gasteiger partial charge on any atom is -0.366 e. The quantitative estimate of drug-likeness (QED) is 0.469. The summed E-state index contributed by atoms with van der Waals surface area (Å²) in [4.78, 5) is 3.07. The molecule has 2 nitrogen and oxygen atoms in total. The second-order valence-corrected chi connectivity index (χ2v) is 4.50. The Labute approximate surface area is 89.8 Å². The summed E-state index contributed by atoms with van der Waals surface area (Å²) in [5.41, 5.74) is 1.27. The van der Waals surface area contributed by atoms with Gasteiger partial charge >= 0.3 is 0 Å². The Morgan fingerprint density at radius 3 is 2.71 bits per heavy atom. The standard InChI is InChI=1S/C11H16N2S/c1-9-5-4-6-10(7-9)14-8-11(12)13(2)3/h4-7,12H,8H2,1-3H3. The van der Waals surface area contributed by atoms with Crippen molar-refractivity contribution in [2.75, 3.05) is 19.8 Å². The molecule has 0 aromatic heterocycles. The molecule has 0 saturated carbocycles. The fraction of sp³-hybridized carbons (Fsp3) is 0.364. The monoisotopic (exact) mass is 208 g/mol. The first kappa shape index (κ1) is 11.1. The summed E-state index contributed by atoms with van der Waals surface area (Å²) in [6, 6.07) is 8.37. The topological polar surface area (TPSA) is 27.1 Å². The third kappa shape index (κ3) is 3.42. The van der Waals surface area contributed by atoms with Crippen molar-refractivity contribution < 1.29 is 0 Å². The molecular formula is C11H16N2S. The number of rotatable bonds is 3. The second kappa shape index (κ2) is 5.05. The highest BCUT2D eigenvalue weighted by Crippen LogP contribution is 2.18. The molecule has 0 saturated heterocycles. The van der Waals surface area contributed by atoms with E-state index < -0.39 is 0 Å². The van der Waals surface area contributed by atoms with Gasteiger partial charge in [0.1, 0.15) is 5.84 Å². The van der Waals surface area contributed by atoms with Crippen LogP contribution in [0.5, 0.6) is 0 Å². The Bertz CT molecular complexity index is 321. The van der Waals surface area contributed by atoms with Crippen LogP contribution < -0.4 is 0 Å². The van der Waals surface area contributed by atoms with Crippen LogP contribution in [-0.4, -0.2) is 30.6 Å². The largest absolute Gasteiger partial charge is 0.366 e. The molecule has 1 N–H and O–H groups in total. The van der Waals surface area contributed by atoms with Crippen molar-refractivity contribution in [1.82, 2.24) is 4.90 Å². The molecule has 0 fully saturated rings. The van der Waals surface area contributed by atoms with E-state index in [2.05, 4.69) is 31.2 Å². The van der Waals surface area contributed by atoms with Gasteiger partial charge in [0.05, 0.1) is 5.75 Å². The lowest BCUT2D eigenvalue weighted by molar-refractivity contribution is 0.615. The lowest BCUT2D eigenvalue weighted by atomic mass is 10.2. The van der Waals surface area contributed by atoms with Crippen LogP contribution in [0.2, 0.25) is 0 Å². The number of hydrogen-bond acceptors (Lipinski definition) is 2. The summed E-state index contributed by atoms with van der Waals surface area (Å²) in [6.45, 7) is 2.08. The summed E-state index contributed by atoms with van der Waals surface area (Å²) in [5.74, 6) is 1.38. The first-order valence-electron chi connectivity index (χ1n) is 4.54. The van der Waals surface area contributed by atoms with Gasteiger partial charge in [-0.3, -0.25) is 5.41 Å². The number of benzene rings is 1. The van der Waals surface area contributed by atoms with Gasteiger partial charge in [-0.05, 0) is 19.1 Å². The summed E-state index contributed by atoms with van der Waals surface area (Å²) >= 11 is 1.70. The molecular weight excluding hydrogens is 192 g/mol. The van der Waals surface area contributed by atoms with Gasteiger partial charge in [0.15, 0.2) is 0 Å². The molecule has 0 heterocycles. The first-order valence-corrected chi connectivity index (χ1v) is 5.52. The summed E-state index contributed by atoms with van der Waals surface area (Å²) in [6.07, 6.45) is 0. The van der Waals surface area contributed by atoms with Gasteiger partial charge in [0, 0.05) is 19.0 Å². The predicted molar refractivity (Wildman–Crippen MR) is 63.3 cm³/mol. The zero-order valence-corrected chi connectivity index (χ0v) is 9.69. The van der Waals surface area contributed by atoms with Crippen LogP contribution >= 0.6 is 11.8 Å². The van der Waals surface area contributed by atoms with Gasteiger partial charge in [-0.1, -0.05) is 17.7 Å². The van der Waals surface area contributed by atoms with Gasteiger partial charge in [-0.15, -0.1) is 11.8 Å². The van der Waals surface area contributed by atoms with Crippen molar-refractivity contribution in [2.24, 2.45) is 0 Å². The summed E-state index contributed by atoms with van der Waals surface area (Å²) < 4.78 is 0. The van der Waals surface area contributed by atoms with Crippen molar-refractivity contribution in [3.63, 3.8) is 0 Å². The first-order chi connectivity index (χ1) is 6.59. The normalized spacial score (nSPS) is 9.93. The molecule has 0 bridgehead atoms. The molecule has 1 rings (SSSR count). The van der Waals surface area contributed by atoms with Gasteiger partial charge < -0.3 is 4.90 Å². The molecule has 0 atom stereocenters. The van der Waals surface area contributed by atoms with Crippen molar-refractivity contribution in [3.05, 3.63) is 29.8 Å². The maximum Gasteiger partial charge on any atom is 0.106 e. The maximum absolute atomic E-state index is 7.65. The minimum atomic E-state index is 0.650. The van der Waals surface area contributed by atoms with Crippen molar-refractivity contribution in [2.45, 2.75) is 11.8 Å². The van der Waals surface area contributed by atoms with E-state index in [1.807, 2.05) is 19.0 Å². The molecule has 0 spiro atoms. The van der Waals surface area contributed by atoms with Crippen LogP contribution in [0.1, 0.15) is 5.56 Å². The van der Waals surface area contributed by atoms with Crippen LogP contribution in [0.4, 0.5) is 0 Å². The Hall–Kier alpha value is -0.960. The zero-order chi connectivity index (χ0) is 10.6. The highest BCUT2D eigenvalue weighted by Gasteiger charge is 2.00. The summed E-state index contributed by atoms with van der Waals surface area (Å²) in [5, 5.41) is 7.65. The van der Waals surface area contributed by atoms with Crippen LogP contribution in [0.15, 0.2) is 29.2 Å². The number of hydrogen-bond donors (Lipinski definition) is 1. The van der Waals surface area contributed by atoms with Crippen molar-refractivity contribution in [1.29, 1.82) is 5.41 Å². The van der Waals surface area contributed by atoms with E-state index in [4.69, 9.17) is 5.41 Å². The van der Waals surface area contributed by atoms with Gasteiger partial charge in [0.25, 0.3) is 0 Å². The Morgan fingerprint density at radius 1 is 1.43 bits per heavy atom.